The van der Waals surface area contributed by atoms with E-state index >= 15 is 0 Å². The highest BCUT2D eigenvalue weighted by Gasteiger charge is 2.25. The zero-order valence-corrected chi connectivity index (χ0v) is 15.7. The first-order valence-corrected chi connectivity index (χ1v) is 9.00. The van der Waals surface area contributed by atoms with E-state index in [-0.39, 0.29) is 24.2 Å². The van der Waals surface area contributed by atoms with Gasteiger partial charge in [0.1, 0.15) is 0 Å². The Hall–Kier alpha value is -0.780. The summed E-state index contributed by atoms with van der Waals surface area (Å²) in [7, 11) is 0. The standard InChI is InChI=1S/C17H24BrN3O.ClH/c18-15-2-1-3-16(10-15)21-9-6-13(12-21)11-20-17(22)14-4-7-19-8-5-14;/h1-3,10,13-14,19H,4-9,11-12H2,(H,20,22);1H. The summed E-state index contributed by atoms with van der Waals surface area (Å²) in [6.45, 7) is 4.86. The van der Waals surface area contributed by atoms with Crippen LogP contribution in [0.25, 0.3) is 0 Å². The summed E-state index contributed by atoms with van der Waals surface area (Å²) >= 11 is 3.53. The molecule has 2 N–H and O–H groups in total. The van der Waals surface area contributed by atoms with Gasteiger partial charge in [0.15, 0.2) is 0 Å². The summed E-state index contributed by atoms with van der Waals surface area (Å²) in [6.07, 6.45) is 3.10. The molecule has 1 atom stereocenters. The first-order chi connectivity index (χ1) is 10.7. The lowest BCUT2D eigenvalue weighted by atomic mass is 9.97. The summed E-state index contributed by atoms with van der Waals surface area (Å²) in [5.74, 6) is 1.02. The number of nitrogens with zero attached hydrogens (tertiary/aromatic N) is 1. The van der Waals surface area contributed by atoms with Crippen molar-refractivity contribution in [2.45, 2.75) is 19.3 Å². The van der Waals surface area contributed by atoms with Gasteiger partial charge in [-0.2, -0.15) is 0 Å². The third kappa shape index (κ3) is 5.10. The summed E-state index contributed by atoms with van der Waals surface area (Å²) in [5.41, 5.74) is 1.27. The Morgan fingerprint density at radius 1 is 1.30 bits per heavy atom. The van der Waals surface area contributed by atoms with Gasteiger partial charge in [-0.1, -0.05) is 22.0 Å². The second-order valence-electron chi connectivity index (χ2n) is 6.35. The molecule has 1 unspecified atom stereocenters. The molecule has 2 aliphatic rings. The van der Waals surface area contributed by atoms with Crippen molar-refractivity contribution >= 4 is 39.9 Å². The van der Waals surface area contributed by atoms with E-state index in [1.54, 1.807) is 0 Å². The van der Waals surface area contributed by atoms with Crippen molar-refractivity contribution < 1.29 is 4.79 Å². The zero-order chi connectivity index (χ0) is 15.4. The van der Waals surface area contributed by atoms with Crippen molar-refractivity contribution in [2.24, 2.45) is 11.8 Å². The lowest BCUT2D eigenvalue weighted by Crippen LogP contribution is -2.40. The molecule has 1 aromatic rings. The molecule has 1 amide bonds. The number of rotatable bonds is 4. The van der Waals surface area contributed by atoms with E-state index in [4.69, 9.17) is 0 Å². The SMILES string of the molecule is Cl.O=C(NCC1CCN(c2cccc(Br)c2)C1)C1CCNCC1. The number of hydrogen-bond acceptors (Lipinski definition) is 3. The third-order valence-electron chi connectivity index (χ3n) is 4.73. The smallest absolute Gasteiger partial charge is 0.223 e. The van der Waals surface area contributed by atoms with E-state index in [1.165, 1.54) is 5.69 Å². The zero-order valence-electron chi connectivity index (χ0n) is 13.3. The van der Waals surface area contributed by atoms with Gasteiger partial charge >= 0.3 is 0 Å². The maximum atomic E-state index is 12.2. The predicted octanol–water partition coefficient (Wildman–Crippen LogP) is 2.81. The summed E-state index contributed by atoms with van der Waals surface area (Å²) < 4.78 is 1.12. The highest BCUT2D eigenvalue weighted by Crippen LogP contribution is 2.26. The topological polar surface area (TPSA) is 44.4 Å². The second-order valence-corrected chi connectivity index (χ2v) is 7.27. The molecular weight excluding hydrogens is 378 g/mol. The summed E-state index contributed by atoms with van der Waals surface area (Å²) in [6, 6.07) is 8.44. The summed E-state index contributed by atoms with van der Waals surface area (Å²) in [5, 5.41) is 6.48. The van der Waals surface area contributed by atoms with Crippen LogP contribution in [0.2, 0.25) is 0 Å². The Balaban J connectivity index is 0.00000192. The summed E-state index contributed by atoms with van der Waals surface area (Å²) in [4.78, 5) is 14.6. The number of carbonyl (C=O) groups excluding carboxylic acids is 1. The Labute approximate surface area is 152 Å². The first-order valence-electron chi connectivity index (χ1n) is 8.21. The fourth-order valence-electron chi connectivity index (χ4n) is 3.38. The number of nitrogens with one attached hydrogen (secondary N) is 2. The quantitative estimate of drug-likeness (QED) is 0.814. The minimum atomic E-state index is 0. The van der Waals surface area contributed by atoms with E-state index in [2.05, 4.69) is 55.7 Å². The molecule has 2 saturated heterocycles. The number of benzene rings is 1. The van der Waals surface area contributed by atoms with Gasteiger partial charge in [0, 0.05) is 35.7 Å². The predicted molar refractivity (Wildman–Crippen MR) is 100 cm³/mol. The van der Waals surface area contributed by atoms with E-state index in [0.717, 1.165) is 56.5 Å². The minimum Gasteiger partial charge on any atom is -0.371 e. The van der Waals surface area contributed by atoms with Crippen LogP contribution in [0.1, 0.15) is 19.3 Å². The van der Waals surface area contributed by atoms with Crippen LogP contribution in [0.4, 0.5) is 5.69 Å². The van der Waals surface area contributed by atoms with Crippen molar-refractivity contribution in [1.82, 2.24) is 10.6 Å². The molecule has 2 heterocycles. The normalized spacial score (nSPS) is 21.8. The fourth-order valence-corrected chi connectivity index (χ4v) is 3.77. The van der Waals surface area contributed by atoms with Crippen molar-refractivity contribution in [3.8, 4) is 0 Å². The van der Waals surface area contributed by atoms with Crippen LogP contribution in [-0.4, -0.2) is 38.6 Å². The highest BCUT2D eigenvalue weighted by atomic mass is 79.9. The molecule has 0 aliphatic carbocycles. The molecule has 128 valence electrons. The van der Waals surface area contributed by atoms with Gasteiger partial charge in [-0.3, -0.25) is 4.79 Å². The van der Waals surface area contributed by atoms with Gasteiger partial charge in [0.05, 0.1) is 0 Å². The van der Waals surface area contributed by atoms with E-state index in [1.807, 2.05) is 0 Å². The van der Waals surface area contributed by atoms with Crippen molar-refractivity contribution in [3.05, 3.63) is 28.7 Å². The van der Waals surface area contributed by atoms with Crippen molar-refractivity contribution in [2.75, 3.05) is 37.6 Å². The molecule has 0 bridgehead atoms. The van der Waals surface area contributed by atoms with Gasteiger partial charge in [-0.15, -0.1) is 12.4 Å². The maximum Gasteiger partial charge on any atom is 0.223 e. The number of piperidine rings is 1. The van der Waals surface area contributed by atoms with E-state index < -0.39 is 0 Å². The molecule has 0 radical (unpaired) electrons. The number of hydrogen-bond donors (Lipinski definition) is 2. The van der Waals surface area contributed by atoms with Gasteiger partial charge in [-0.05, 0) is 56.5 Å². The molecule has 23 heavy (non-hydrogen) atoms. The third-order valence-corrected chi connectivity index (χ3v) is 5.23. The number of carbonyl (C=O) groups is 1. The lowest BCUT2D eigenvalue weighted by molar-refractivity contribution is -0.125. The van der Waals surface area contributed by atoms with Crippen LogP contribution >= 0.6 is 28.3 Å². The van der Waals surface area contributed by atoms with Gasteiger partial charge in [0.2, 0.25) is 5.91 Å². The molecule has 6 heteroatoms. The Morgan fingerprint density at radius 2 is 2.09 bits per heavy atom. The number of amides is 1. The van der Waals surface area contributed by atoms with Gasteiger partial charge in [-0.25, -0.2) is 0 Å². The maximum absolute atomic E-state index is 12.2. The van der Waals surface area contributed by atoms with Gasteiger partial charge < -0.3 is 15.5 Å². The van der Waals surface area contributed by atoms with Crippen LogP contribution < -0.4 is 15.5 Å². The number of anilines is 1. The molecule has 1 aromatic carbocycles. The molecule has 2 aliphatic heterocycles. The van der Waals surface area contributed by atoms with Crippen LogP contribution in [0.3, 0.4) is 0 Å². The molecule has 3 rings (SSSR count). The second kappa shape index (κ2) is 8.90. The van der Waals surface area contributed by atoms with E-state index in [9.17, 15) is 4.79 Å². The molecule has 0 saturated carbocycles. The molecule has 0 aromatic heterocycles. The van der Waals surface area contributed by atoms with Gasteiger partial charge in [0.25, 0.3) is 0 Å². The van der Waals surface area contributed by atoms with Crippen molar-refractivity contribution in [3.63, 3.8) is 0 Å². The average molecular weight is 403 g/mol. The largest absolute Gasteiger partial charge is 0.371 e. The fraction of sp³-hybridized carbons (Fsp3) is 0.588. The van der Waals surface area contributed by atoms with Crippen LogP contribution in [0.5, 0.6) is 0 Å². The molecular formula is C17H25BrClN3O. The monoisotopic (exact) mass is 401 g/mol. The highest BCUT2D eigenvalue weighted by molar-refractivity contribution is 9.10. The Bertz CT molecular complexity index is 522. The molecule has 0 spiro atoms. The lowest BCUT2D eigenvalue weighted by Gasteiger charge is -2.23. The van der Waals surface area contributed by atoms with Crippen molar-refractivity contribution in [1.29, 1.82) is 0 Å². The Morgan fingerprint density at radius 3 is 2.83 bits per heavy atom. The minimum absolute atomic E-state index is 0. The van der Waals surface area contributed by atoms with Crippen LogP contribution in [-0.2, 0) is 4.79 Å². The van der Waals surface area contributed by atoms with Crippen LogP contribution in [0.15, 0.2) is 28.7 Å². The molecule has 2 fully saturated rings. The first kappa shape index (κ1) is 18.6. The average Bonchev–Trinajstić information content (AvgIpc) is 3.02. The Kier molecular flexibility index (Phi) is 7.18. The van der Waals surface area contributed by atoms with Crippen LogP contribution in [0, 0.1) is 11.8 Å². The molecule has 4 nitrogen and oxygen atoms in total. The number of halogens is 2. The van der Waals surface area contributed by atoms with E-state index in [0.29, 0.717) is 5.92 Å².